The molecule has 4 rings (SSSR count). The summed E-state index contributed by atoms with van der Waals surface area (Å²) in [7, 11) is 0. The number of hydrogen-bond donors (Lipinski definition) is 3. The Bertz CT molecular complexity index is 1360. The zero-order chi connectivity index (χ0) is 28.1. The largest absolute Gasteiger partial charge is 0.395 e. The van der Waals surface area contributed by atoms with Crippen LogP contribution in [0.25, 0.3) is 0 Å². The molecule has 10 nitrogen and oxygen atoms in total. The predicted octanol–water partition coefficient (Wildman–Crippen LogP) is 2.42. The zero-order valence-corrected chi connectivity index (χ0v) is 22.6. The number of halogens is 1. The monoisotopic (exact) mass is 554 g/mol. The SMILES string of the molecule is Cc1ccc(N(C(=O)c2snc(C(N)=O)c2N)C(C(=O)NCCN2CCOCC2)c2ccc(F)cc2)cc1C. The van der Waals surface area contributed by atoms with E-state index in [2.05, 4.69) is 14.6 Å². The number of nitrogens with zero attached hydrogens (tertiary/aromatic N) is 3. The fourth-order valence-electron chi connectivity index (χ4n) is 4.32. The number of nitrogen functional groups attached to an aromatic ring is 1. The highest BCUT2D eigenvalue weighted by molar-refractivity contribution is 7.09. The molecule has 5 N–H and O–H groups in total. The minimum atomic E-state index is -1.18. The first-order chi connectivity index (χ1) is 18.7. The maximum Gasteiger partial charge on any atom is 0.273 e. The topological polar surface area (TPSA) is 144 Å². The lowest BCUT2D eigenvalue weighted by Gasteiger charge is -2.32. The van der Waals surface area contributed by atoms with Crippen molar-refractivity contribution < 1.29 is 23.5 Å². The summed E-state index contributed by atoms with van der Waals surface area (Å²) in [4.78, 5) is 43.1. The van der Waals surface area contributed by atoms with Crippen LogP contribution in [0.4, 0.5) is 15.8 Å². The van der Waals surface area contributed by atoms with Crippen LogP contribution < -0.4 is 21.7 Å². The highest BCUT2D eigenvalue weighted by Crippen LogP contribution is 2.34. The lowest BCUT2D eigenvalue weighted by atomic mass is 10.0. The second kappa shape index (κ2) is 12.3. The van der Waals surface area contributed by atoms with Gasteiger partial charge in [0.1, 0.15) is 16.7 Å². The molecule has 3 aromatic rings. The number of carbonyl (C=O) groups excluding carboxylic acids is 3. The smallest absolute Gasteiger partial charge is 0.273 e. The third-order valence-corrected chi connectivity index (χ3v) is 7.52. The Morgan fingerprint density at radius 2 is 1.82 bits per heavy atom. The van der Waals surface area contributed by atoms with Crippen LogP contribution in [0, 0.1) is 19.7 Å². The Morgan fingerprint density at radius 3 is 2.44 bits per heavy atom. The van der Waals surface area contributed by atoms with Crippen molar-refractivity contribution in [2.45, 2.75) is 19.9 Å². The highest BCUT2D eigenvalue weighted by Gasteiger charge is 2.36. The van der Waals surface area contributed by atoms with E-state index in [1.54, 1.807) is 12.1 Å². The summed E-state index contributed by atoms with van der Waals surface area (Å²) < 4.78 is 23.2. The van der Waals surface area contributed by atoms with Gasteiger partial charge in [-0.05, 0) is 66.3 Å². The van der Waals surface area contributed by atoms with Crippen molar-refractivity contribution in [2.24, 2.45) is 5.73 Å². The van der Waals surface area contributed by atoms with Crippen LogP contribution in [0.5, 0.6) is 0 Å². The van der Waals surface area contributed by atoms with E-state index in [4.69, 9.17) is 16.2 Å². The standard InChI is InChI=1S/C27H31FN6O4S/c1-16-3-8-20(15-17(16)2)34(27(37)24-21(29)22(25(30)35)32-39-24)23(18-4-6-19(28)7-5-18)26(36)31-9-10-33-11-13-38-14-12-33/h3-8,15,23H,9-14,29H2,1-2H3,(H2,30,35)(H,31,36). The number of amides is 3. The molecule has 0 aliphatic carbocycles. The number of hydrogen-bond acceptors (Lipinski definition) is 8. The van der Waals surface area contributed by atoms with Crippen LogP contribution in [0.2, 0.25) is 0 Å². The molecule has 1 fully saturated rings. The van der Waals surface area contributed by atoms with Crippen molar-refractivity contribution >= 4 is 40.6 Å². The molecule has 1 aromatic heterocycles. The number of anilines is 2. The maximum absolute atomic E-state index is 14.1. The normalized spacial score (nSPS) is 14.5. The van der Waals surface area contributed by atoms with Gasteiger partial charge in [0.2, 0.25) is 5.91 Å². The van der Waals surface area contributed by atoms with Crippen LogP contribution >= 0.6 is 11.5 Å². The van der Waals surface area contributed by atoms with Gasteiger partial charge in [-0.2, -0.15) is 4.37 Å². The molecule has 1 unspecified atom stereocenters. The molecule has 3 amide bonds. The minimum Gasteiger partial charge on any atom is -0.395 e. The lowest BCUT2D eigenvalue weighted by Crippen LogP contribution is -2.46. The summed E-state index contributed by atoms with van der Waals surface area (Å²) in [6.07, 6.45) is 0. The van der Waals surface area contributed by atoms with Gasteiger partial charge < -0.3 is 21.5 Å². The highest BCUT2D eigenvalue weighted by atomic mass is 32.1. The molecule has 12 heteroatoms. The molecule has 206 valence electrons. The molecule has 0 radical (unpaired) electrons. The molecule has 0 bridgehead atoms. The molecule has 2 heterocycles. The van der Waals surface area contributed by atoms with Gasteiger partial charge >= 0.3 is 0 Å². The van der Waals surface area contributed by atoms with E-state index in [1.807, 2.05) is 19.9 Å². The van der Waals surface area contributed by atoms with Gasteiger partial charge in [0, 0.05) is 31.9 Å². The molecular formula is C27H31FN6O4S. The fourth-order valence-corrected chi connectivity index (χ4v) is 5.06. The Hall–Kier alpha value is -3.87. The summed E-state index contributed by atoms with van der Waals surface area (Å²) in [5.41, 5.74) is 13.8. The van der Waals surface area contributed by atoms with Gasteiger partial charge in [0.05, 0.1) is 18.9 Å². The molecule has 39 heavy (non-hydrogen) atoms. The van der Waals surface area contributed by atoms with E-state index >= 15 is 0 Å². The molecule has 0 spiro atoms. The van der Waals surface area contributed by atoms with Crippen molar-refractivity contribution in [2.75, 3.05) is 50.0 Å². The zero-order valence-electron chi connectivity index (χ0n) is 21.8. The predicted molar refractivity (Wildman–Crippen MR) is 147 cm³/mol. The van der Waals surface area contributed by atoms with E-state index < -0.39 is 29.6 Å². The van der Waals surface area contributed by atoms with Gasteiger partial charge in [0.15, 0.2) is 5.69 Å². The van der Waals surface area contributed by atoms with Crippen molar-refractivity contribution in [3.05, 3.63) is 75.5 Å². The van der Waals surface area contributed by atoms with Gasteiger partial charge in [-0.25, -0.2) is 4.39 Å². The molecule has 1 aliphatic rings. The second-order valence-corrected chi connectivity index (χ2v) is 10.1. The van der Waals surface area contributed by atoms with Crippen LogP contribution in [0.15, 0.2) is 42.5 Å². The van der Waals surface area contributed by atoms with Crippen LogP contribution in [-0.2, 0) is 9.53 Å². The van der Waals surface area contributed by atoms with Gasteiger partial charge in [-0.3, -0.25) is 24.2 Å². The second-order valence-electron chi connectivity index (χ2n) is 9.28. The lowest BCUT2D eigenvalue weighted by molar-refractivity contribution is -0.122. The summed E-state index contributed by atoms with van der Waals surface area (Å²) in [5.74, 6) is -2.44. The Kier molecular flexibility index (Phi) is 8.90. The summed E-state index contributed by atoms with van der Waals surface area (Å²) >= 11 is 0.729. The third-order valence-electron chi connectivity index (χ3n) is 6.67. The van der Waals surface area contributed by atoms with Crippen molar-refractivity contribution in [3.63, 3.8) is 0 Å². The number of nitrogens with one attached hydrogen (secondary N) is 1. The fraction of sp³-hybridized carbons (Fsp3) is 0.333. The minimum absolute atomic E-state index is 0.0322. The molecule has 2 aromatic carbocycles. The Morgan fingerprint density at radius 1 is 1.13 bits per heavy atom. The van der Waals surface area contributed by atoms with E-state index in [9.17, 15) is 18.8 Å². The van der Waals surface area contributed by atoms with E-state index in [1.165, 1.54) is 29.2 Å². The molecular weight excluding hydrogens is 523 g/mol. The number of aromatic nitrogens is 1. The van der Waals surface area contributed by atoms with Gasteiger partial charge in [-0.15, -0.1) is 0 Å². The van der Waals surface area contributed by atoms with E-state index in [0.717, 1.165) is 35.7 Å². The number of carbonyl (C=O) groups is 3. The molecule has 1 atom stereocenters. The number of primary amides is 1. The number of rotatable bonds is 9. The first kappa shape index (κ1) is 28.1. The first-order valence-corrected chi connectivity index (χ1v) is 13.2. The van der Waals surface area contributed by atoms with Crippen molar-refractivity contribution in [1.29, 1.82) is 0 Å². The maximum atomic E-state index is 14.1. The van der Waals surface area contributed by atoms with E-state index in [-0.39, 0.29) is 16.3 Å². The average Bonchev–Trinajstić information content (AvgIpc) is 3.31. The summed E-state index contributed by atoms with van der Waals surface area (Å²) in [6, 6.07) is 9.58. The van der Waals surface area contributed by atoms with Crippen LogP contribution in [0.1, 0.15) is 42.9 Å². The number of ether oxygens (including phenoxy) is 1. The van der Waals surface area contributed by atoms with Crippen molar-refractivity contribution in [3.8, 4) is 0 Å². The number of aryl methyl sites for hydroxylation is 2. The number of benzene rings is 2. The van der Waals surface area contributed by atoms with Crippen LogP contribution in [0.3, 0.4) is 0 Å². The van der Waals surface area contributed by atoms with Gasteiger partial charge in [-0.1, -0.05) is 18.2 Å². The quantitative estimate of drug-likeness (QED) is 0.369. The number of morpholine rings is 1. The Balaban J connectivity index is 1.76. The molecule has 1 aliphatic heterocycles. The third kappa shape index (κ3) is 6.41. The summed E-state index contributed by atoms with van der Waals surface area (Å²) in [6.45, 7) is 7.54. The van der Waals surface area contributed by atoms with Crippen LogP contribution in [-0.4, -0.2) is 66.4 Å². The average molecular weight is 555 g/mol. The Labute approximate surface area is 229 Å². The van der Waals surface area contributed by atoms with E-state index in [0.29, 0.717) is 37.6 Å². The molecule has 0 saturated carbocycles. The molecule has 1 saturated heterocycles. The van der Waals surface area contributed by atoms with Crippen molar-refractivity contribution in [1.82, 2.24) is 14.6 Å². The number of nitrogens with two attached hydrogens (primary N) is 2. The first-order valence-electron chi connectivity index (χ1n) is 12.5. The summed E-state index contributed by atoms with van der Waals surface area (Å²) in [5, 5.41) is 2.94. The van der Waals surface area contributed by atoms with Gasteiger partial charge in [0.25, 0.3) is 11.8 Å².